The first-order valence-electron chi connectivity index (χ1n) is 3.08. The van der Waals surface area contributed by atoms with Crippen LogP contribution in [-0.2, 0) is 0 Å². The summed E-state index contributed by atoms with van der Waals surface area (Å²) in [6, 6.07) is 3.61. The third-order valence-electron chi connectivity index (χ3n) is 1.38. The van der Waals surface area contributed by atoms with E-state index in [0.29, 0.717) is 10.7 Å². The van der Waals surface area contributed by atoms with E-state index in [1.54, 1.807) is 13.1 Å². The van der Waals surface area contributed by atoms with Crippen LogP contribution in [0.4, 0.5) is 11.4 Å². The van der Waals surface area contributed by atoms with Gasteiger partial charge in [0.2, 0.25) is 0 Å². The molecule has 0 saturated heterocycles. The molecule has 11 heavy (non-hydrogen) atoms. The molecule has 2 nitrogen and oxygen atoms in total. The first kappa shape index (κ1) is 8.68. The molecular weight excluding hydrogens is 227 g/mol. The normalized spacial score (nSPS) is 9.73. The Morgan fingerprint density at radius 1 is 1.55 bits per heavy atom. The van der Waals surface area contributed by atoms with Gasteiger partial charge in [0.1, 0.15) is 0 Å². The van der Waals surface area contributed by atoms with Gasteiger partial charge in [-0.05, 0) is 28.1 Å². The number of rotatable bonds is 1. The summed E-state index contributed by atoms with van der Waals surface area (Å²) in [7, 11) is 1.78. The molecule has 60 valence electrons. The largest absolute Gasteiger partial charge is 0.397 e. The summed E-state index contributed by atoms with van der Waals surface area (Å²) in [6.45, 7) is 0. The fourth-order valence-electron chi connectivity index (χ4n) is 0.820. The van der Waals surface area contributed by atoms with Gasteiger partial charge < -0.3 is 11.1 Å². The summed E-state index contributed by atoms with van der Waals surface area (Å²) >= 11 is 9.20. The fraction of sp³-hybridized carbons (Fsp3) is 0.143. The molecule has 1 aromatic rings. The van der Waals surface area contributed by atoms with Gasteiger partial charge in [-0.1, -0.05) is 11.6 Å². The third-order valence-corrected chi connectivity index (χ3v) is 2.66. The lowest BCUT2D eigenvalue weighted by Crippen LogP contribution is -1.96. The van der Waals surface area contributed by atoms with Crippen LogP contribution in [0.15, 0.2) is 16.6 Å². The van der Waals surface area contributed by atoms with Gasteiger partial charge in [0.05, 0.1) is 16.4 Å². The van der Waals surface area contributed by atoms with Crippen molar-refractivity contribution in [2.75, 3.05) is 18.1 Å². The number of benzene rings is 1. The number of anilines is 2. The minimum Gasteiger partial charge on any atom is -0.397 e. The molecule has 1 rings (SSSR count). The van der Waals surface area contributed by atoms with Gasteiger partial charge in [-0.25, -0.2) is 0 Å². The lowest BCUT2D eigenvalue weighted by molar-refractivity contribution is 1.50. The van der Waals surface area contributed by atoms with Crippen LogP contribution in [0, 0.1) is 0 Å². The second-order valence-corrected chi connectivity index (χ2v) is 3.31. The fourth-order valence-corrected chi connectivity index (χ4v) is 1.42. The van der Waals surface area contributed by atoms with Crippen LogP contribution >= 0.6 is 27.5 Å². The molecule has 0 saturated carbocycles. The van der Waals surface area contributed by atoms with Crippen molar-refractivity contribution in [3.05, 3.63) is 21.6 Å². The van der Waals surface area contributed by atoms with Crippen LogP contribution in [0.25, 0.3) is 0 Å². The Morgan fingerprint density at radius 3 is 2.64 bits per heavy atom. The van der Waals surface area contributed by atoms with Gasteiger partial charge in [-0.2, -0.15) is 0 Å². The maximum atomic E-state index is 5.91. The highest BCUT2D eigenvalue weighted by molar-refractivity contribution is 9.10. The van der Waals surface area contributed by atoms with E-state index >= 15 is 0 Å². The number of halogens is 2. The summed E-state index contributed by atoms with van der Waals surface area (Å²) in [5.41, 5.74) is 7.05. The van der Waals surface area contributed by atoms with E-state index in [-0.39, 0.29) is 0 Å². The standard InChI is InChI=1S/C7H8BrClN2/c1-11-7-5(10)3-2-4(8)6(7)9/h2-3,11H,10H2,1H3. The molecule has 4 heteroatoms. The van der Waals surface area contributed by atoms with Crippen molar-refractivity contribution in [3.63, 3.8) is 0 Å². The Bertz CT molecular complexity index is 275. The minimum absolute atomic E-state index is 0.618. The second-order valence-electron chi connectivity index (χ2n) is 2.08. The summed E-state index contributed by atoms with van der Waals surface area (Å²) in [6.07, 6.45) is 0. The summed E-state index contributed by atoms with van der Waals surface area (Å²) < 4.78 is 0.845. The molecule has 0 amide bonds. The molecule has 0 radical (unpaired) electrons. The zero-order valence-electron chi connectivity index (χ0n) is 5.99. The lowest BCUT2D eigenvalue weighted by Gasteiger charge is -2.07. The summed E-state index contributed by atoms with van der Waals surface area (Å²) in [5, 5.41) is 3.54. The zero-order chi connectivity index (χ0) is 8.43. The molecule has 0 aromatic heterocycles. The van der Waals surface area contributed by atoms with Gasteiger partial charge in [0.25, 0.3) is 0 Å². The Hall–Kier alpha value is -0.410. The highest BCUT2D eigenvalue weighted by Crippen LogP contribution is 2.34. The SMILES string of the molecule is CNc1c(N)ccc(Br)c1Cl. The quantitative estimate of drug-likeness (QED) is 0.735. The number of nitrogen functional groups attached to an aromatic ring is 1. The van der Waals surface area contributed by atoms with Gasteiger partial charge in [0.15, 0.2) is 0 Å². The maximum Gasteiger partial charge on any atom is 0.0800 e. The molecule has 0 bridgehead atoms. The van der Waals surface area contributed by atoms with Crippen molar-refractivity contribution in [1.29, 1.82) is 0 Å². The average molecular weight is 236 g/mol. The number of hydrogen-bond acceptors (Lipinski definition) is 2. The summed E-state index contributed by atoms with van der Waals surface area (Å²) in [4.78, 5) is 0. The highest BCUT2D eigenvalue weighted by Gasteiger charge is 2.05. The van der Waals surface area contributed by atoms with E-state index in [9.17, 15) is 0 Å². The van der Waals surface area contributed by atoms with Crippen LogP contribution in [0.1, 0.15) is 0 Å². The Balaban J connectivity index is 3.29. The third kappa shape index (κ3) is 1.60. The van der Waals surface area contributed by atoms with Gasteiger partial charge in [0, 0.05) is 11.5 Å². The van der Waals surface area contributed by atoms with E-state index < -0.39 is 0 Å². The average Bonchev–Trinajstić information content (AvgIpc) is 1.99. The molecule has 0 aliphatic carbocycles. The van der Waals surface area contributed by atoms with Crippen LogP contribution in [0.3, 0.4) is 0 Å². The predicted molar refractivity (Wildman–Crippen MR) is 53.1 cm³/mol. The minimum atomic E-state index is 0.618. The smallest absolute Gasteiger partial charge is 0.0800 e. The molecule has 0 atom stereocenters. The molecule has 1 aromatic carbocycles. The molecule has 3 N–H and O–H groups in total. The van der Waals surface area contributed by atoms with Crippen molar-refractivity contribution in [2.45, 2.75) is 0 Å². The van der Waals surface area contributed by atoms with Crippen LogP contribution in [-0.4, -0.2) is 7.05 Å². The highest BCUT2D eigenvalue weighted by atomic mass is 79.9. The number of nitrogens with two attached hydrogens (primary N) is 1. The molecule has 0 fully saturated rings. The van der Waals surface area contributed by atoms with Crippen LogP contribution in [0.2, 0.25) is 5.02 Å². The molecule has 0 aliphatic heterocycles. The Morgan fingerprint density at radius 2 is 2.18 bits per heavy atom. The lowest BCUT2D eigenvalue weighted by atomic mass is 10.3. The topological polar surface area (TPSA) is 38.0 Å². The zero-order valence-corrected chi connectivity index (χ0v) is 8.33. The maximum absolute atomic E-state index is 5.91. The van der Waals surface area contributed by atoms with Crippen molar-refractivity contribution in [2.24, 2.45) is 0 Å². The first-order valence-corrected chi connectivity index (χ1v) is 4.25. The number of hydrogen-bond donors (Lipinski definition) is 2. The van der Waals surface area contributed by atoms with E-state index in [1.165, 1.54) is 0 Å². The van der Waals surface area contributed by atoms with E-state index in [2.05, 4.69) is 21.2 Å². The van der Waals surface area contributed by atoms with Crippen molar-refractivity contribution in [3.8, 4) is 0 Å². The second kappa shape index (κ2) is 3.32. The van der Waals surface area contributed by atoms with E-state index in [1.807, 2.05) is 6.07 Å². The Labute approximate surface area is 78.9 Å². The molecular formula is C7H8BrClN2. The molecule has 0 heterocycles. The van der Waals surface area contributed by atoms with Crippen molar-refractivity contribution >= 4 is 38.9 Å². The van der Waals surface area contributed by atoms with Crippen molar-refractivity contribution < 1.29 is 0 Å². The summed E-state index contributed by atoms with van der Waals surface area (Å²) in [5.74, 6) is 0. The van der Waals surface area contributed by atoms with E-state index in [0.717, 1.165) is 10.2 Å². The first-order chi connectivity index (χ1) is 5.16. The predicted octanol–water partition coefficient (Wildman–Crippen LogP) is 2.73. The number of nitrogens with one attached hydrogen (secondary N) is 1. The molecule has 0 spiro atoms. The molecule has 0 aliphatic rings. The monoisotopic (exact) mass is 234 g/mol. The van der Waals surface area contributed by atoms with Gasteiger partial charge >= 0.3 is 0 Å². The van der Waals surface area contributed by atoms with E-state index in [4.69, 9.17) is 17.3 Å². The van der Waals surface area contributed by atoms with Crippen LogP contribution < -0.4 is 11.1 Å². The molecule has 0 unspecified atom stereocenters. The van der Waals surface area contributed by atoms with Gasteiger partial charge in [-0.15, -0.1) is 0 Å². The van der Waals surface area contributed by atoms with Gasteiger partial charge in [-0.3, -0.25) is 0 Å². The van der Waals surface area contributed by atoms with Crippen molar-refractivity contribution in [1.82, 2.24) is 0 Å². The Kier molecular flexibility index (Phi) is 2.62. The van der Waals surface area contributed by atoms with Crippen LogP contribution in [0.5, 0.6) is 0 Å².